The van der Waals surface area contributed by atoms with Crippen molar-refractivity contribution in [2.75, 3.05) is 13.6 Å². The summed E-state index contributed by atoms with van der Waals surface area (Å²) in [6.45, 7) is 3.43. The van der Waals surface area contributed by atoms with Crippen molar-refractivity contribution in [2.24, 2.45) is 5.73 Å². The summed E-state index contributed by atoms with van der Waals surface area (Å²) in [5, 5.41) is 3.26. The Hall–Kier alpha value is -1.46. The third-order valence-corrected chi connectivity index (χ3v) is 3.91. The number of hydrogen-bond donors (Lipinski definition) is 2. The number of likely N-dealkylation sites (N-methyl/N-ethyl adjacent to an activating group) is 1. The van der Waals surface area contributed by atoms with E-state index < -0.39 is 11.7 Å². The monoisotopic (exact) mass is 279 g/mol. The number of primary amides is 1. The maximum absolute atomic E-state index is 13.8. The van der Waals surface area contributed by atoms with Gasteiger partial charge < -0.3 is 11.1 Å². The number of rotatable bonds is 7. The van der Waals surface area contributed by atoms with Gasteiger partial charge in [0.25, 0.3) is 0 Å². The van der Waals surface area contributed by atoms with E-state index in [1.54, 1.807) is 12.1 Å². The van der Waals surface area contributed by atoms with Gasteiger partial charge >= 0.3 is 0 Å². The van der Waals surface area contributed by atoms with E-state index >= 15 is 0 Å². The summed E-state index contributed by atoms with van der Waals surface area (Å²) in [7, 11) is 2.13. The Morgan fingerprint density at radius 1 is 1.55 bits per heavy atom. The van der Waals surface area contributed by atoms with Gasteiger partial charge in [0, 0.05) is 36.3 Å². The van der Waals surface area contributed by atoms with E-state index in [4.69, 9.17) is 5.73 Å². The fourth-order valence-electron chi connectivity index (χ4n) is 2.25. The molecule has 1 atom stereocenters. The summed E-state index contributed by atoms with van der Waals surface area (Å²) in [5.74, 6) is -1.000. The molecule has 0 spiro atoms. The zero-order chi connectivity index (χ0) is 14.7. The van der Waals surface area contributed by atoms with Crippen LogP contribution in [0.25, 0.3) is 0 Å². The van der Waals surface area contributed by atoms with Crippen LogP contribution in [0.5, 0.6) is 0 Å². The van der Waals surface area contributed by atoms with Crippen LogP contribution >= 0.6 is 0 Å². The third kappa shape index (κ3) is 3.77. The first kappa shape index (κ1) is 14.9. The van der Waals surface area contributed by atoms with Crippen LogP contribution in [0, 0.1) is 5.82 Å². The van der Waals surface area contributed by atoms with Crippen molar-refractivity contribution in [3.8, 4) is 0 Å². The Labute approximate surface area is 119 Å². The third-order valence-electron chi connectivity index (χ3n) is 3.91. The van der Waals surface area contributed by atoms with Gasteiger partial charge in [0.1, 0.15) is 5.82 Å². The largest absolute Gasteiger partial charge is 0.366 e. The molecule has 0 aliphatic heterocycles. The molecular formula is C15H22FN3O. The van der Waals surface area contributed by atoms with E-state index in [2.05, 4.69) is 24.2 Å². The number of amides is 1. The Balaban J connectivity index is 1.83. The van der Waals surface area contributed by atoms with Crippen LogP contribution in [0.4, 0.5) is 4.39 Å². The quantitative estimate of drug-likeness (QED) is 0.795. The topological polar surface area (TPSA) is 58.4 Å². The summed E-state index contributed by atoms with van der Waals surface area (Å²) in [5.41, 5.74) is 5.87. The first-order valence-electron chi connectivity index (χ1n) is 7.00. The van der Waals surface area contributed by atoms with Crippen molar-refractivity contribution < 1.29 is 9.18 Å². The number of hydrogen-bond acceptors (Lipinski definition) is 3. The van der Waals surface area contributed by atoms with E-state index in [9.17, 15) is 9.18 Å². The van der Waals surface area contributed by atoms with E-state index in [1.165, 1.54) is 18.9 Å². The van der Waals surface area contributed by atoms with Gasteiger partial charge in [-0.15, -0.1) is 0 Å². The average Bonchev–Trinajstić information content (AvgIpc) is 3.23. The molecule has 0 bridgehead atoms. The standard InChI is InChI=1S/C15H22FN3O/c1-10(19(2)13-5-6-13)8-18-9-12-4-3-11(15(17)20)7-14(12)16/h3-4,7,10,13,18H,5-6,8-9H2,1-2H3,(H2,17,20). The highest BCUT2D eigenvalue weighted by molar-refractivity contribution is 5.92. The van der Waals surface area contributed by atoms with E-state index in [-0.39, 0.29) is 5.56 Å². The second-order valence-corrected chi connectivity index (χ2v) is 5.55. The van der Waals surface area contributed by atoms with Crippen molar-refractivity contribution in [3.05, 3.63) is 35.1 Å². The fraction of sp³-hybridized carbons (Fsp3) is 0.533. The summed E-state index contributed by atoms with van der Waals surface area (Å²) in [6.07, 6.45) is 2.56. The Kier molecular flexibility index (Phi) is 4.73. The molecule has 1 fully saturated rings. The van der Waals surface area contributed by atoms with Gasteiger partial charge in [-0.2, -0.15) is 0 Å². The van der Waals surface area contributed by atoms with Crippen LogP contribution < -0.4 is 11.1 Å². The van der Waals surface area contributed by atoms with Crippen LogP contribution in [0.1, 0.15) is 35.7 Å². The van der Waals surface area contributed by atoms with Gasteiger partial charge in [-0.05, 0) is 38.9 Å². The molecule has 1 aromatic carbocycles. The van der Waals surface area contributed by atoms with Crippen molar-refractivity contribution >= 4 is 5.91 Å². The van der Waals surface area contributed by atoms with Crippen molar-refractivity contribution in [3.63, 3.8) is 0 Å². The zero-order valence-corrected chi connectivity index (χ0v) is 12.0. The highest BCUT2D eigenvalue weighted by atomic mass is 19.1. The lowest BCUT2D eigenvalue weighted by Gasteiger charge is -2.24. The number of benzene rings is 1. The molecule has 4 nitrogen and oxygen atoms in total. The molecule has 20 heavy (non-hydrogen) atoms. The molecule has 1 aliphatic rings. The molecule has 0 aromatic heterocycles. The number of carbonyl (C=O) groups excluding carboxylic acids is 1. The maximum Gasteiger partial charge on any atom is 0.248 e. The summed E-state index contributed by atoms with van der Waals surface area (Å²) in [6, 6.07) is 5.51. The van der Waals surface area contributed by atoms with E-state index in [0.29, 0.717) is 18.2 Å². The molecular weight excluding hydrogens is 257 g/mol. The van der Waals surface area contributed by atoms with Gasteiger partial charge in [0.15, 0.2) is 0 Å². The molecule has 1 aliphatic carbocycles. The molecule has 1 unspecified atom stereocenters. The fourth-order valence-corrected chi connectivity index (χ4v) is 2.25. The predicted molar refractivity (Wildman–Crippen MR) is 76.9 cm³/mol. The lowest BCUT2D eigenvalue weighted by atomic mass is 10.1. The van der Waals surface area contributed by atoms with Gasteiger partial charge in [-0.25, -0.2) is 4.39 Å². The molecule has 110 valence electrons. The number of carbonyl (C=O) groups is 1. The summed E-state index contributed by atoms with van der Waals surface area (Å²) >= 11 is 0. The molecule has 3 N–H and O–H groups in total. The number of nitrogens with one attached hydrogen (secondary N) is 1. The Bertz CT molecular complexity index is 488. The molecule has 0 radical (unpaired) electrons. The highest BCUT2D eigenvalue weighted by Crippen LogP contribution is 2.26. The Morgan fingerprint density at radius 2 is 2.25 bits per heavy atom. The lowest BCUT2D eigenvalue weighted by molar-refractivity contribution is 0.1000. The molecule has 1 amide bonds. The lowest BCUT2D eigenvalue weighted by Crippen LogP contribution is -2.39. The van der Waals surface area contributed by atoms with Gasteiger partial charge in [0.2, 0.25) is 5.91 Å². The minimum Gasteiger partial charge on any atom is -0.366 e. The van der Waals surface area contributed by atoms with Crippen LogP contribution in [-0.4, -0.2) is 36.5 Å². The van der Waals surface area contributed by atoms with E-state index in [1.807, 2.05) is 0 Å². The molecule has 1 aromatic rings. The van der Waals surface area contributed by atoms with Gasteiger partial charge in [-0.3, -0.25) is 9.69 Å². The van der Waals surface area contributed by atoms with Crippen molar-refractivity contribution in [1.29, 1.82) is 0 Å². The summed E-state index contributed by atoms with van der Waals surface area (Å²) in [4.78, 5) is 13.3. The van der Waals surface area contributed by atoms with E-state index in [0.717, 1.165) is 12.6 Å². The second kappa shape index (κ2) is 6.33. The van der Waals surface area contributed by atoms with Gasteiger partial charge in [-0.1, -0.05) is 6.07 Å². The van der Waals surface area contributed by atoms with Crippen LogP contribution in [-0.2, 0) is 6.54 Å². The predicted octanol–water partition coefficient (Wildman–Crippen LogP) is 1.50. The van der Waals surface area contributed by atoms with Crippen molar-refractivity contribution in [2.45, 2.75) is 38.4 Å². The van der Waals surface area contributed by atoms with Crippen LogP contribution in [0.2, 0.25) is 0 Å². The first-order chi connectivity index (χ1) is 9.49. The number of halogens is 1. The zero-order valence-electron chi connectivity index (χ0n) is 12.0. The van der Waals surface area contributed by atoms with Crippen LogP contribution in [0.15, 0.2) is 18.2 Å². The SMILES string of the molecule is CC(CNCc1ccc(C(N)=O)cc1F)N(C)C1CC1. The minimum atomic E-state index is -0.608. The highest BCUT2D eigenvalue weighted by Gasteiger charge is 2.28. The van der Waals surface area contributed by atoms with Crippen molar-refractivity contribution in [1.82, 2.24) is 10.2 Å². The van der Waals surface area contributed by atoms with Gasteiger partial charge in [0.05, 0.1) is 0 Å². The number of nitrogens with zero attached hydrogens (tertiary/aromatic N) is 1. The smallest absolute Gasteiger partial charge is 0.248 e. The normalized spacial score (nSPS) is 16.4. The van der Waals surface area contributed by atoms with Crippen LogP contribution in [0.3, 0.4) is 0 Å². The molecule has 5 heteroatoms. The molecule has 1 saturated carbocycles. The average molecular weight is 279 g/mol. The first-order valence-corrected chi connectivity index (χ1v) is 7.00. The second-order valence-electron chi connectivity index (χ2n) is 5.55. The molecule has 0 heterocycles. The number of nitrogens with two attached hydrogens (primary N) is 1. The Morgan fingerprint density at radius 3 is 2.80 bits per heavy atom. The molecule has 0 saturated heterocycles. The molecule has 2 rings (SSSR count). The summed E-state index contributed by atoms with van der Waals surface area (Å²) < 4.78 is 13.8. The minimum absolute atomic E-state index is 0.202. The maximum atomic E-state index is 13.8.